The van der Waals surface area contributed by atoms with Crippen LogP contribution >= 0.6 is 27.5 Å². The molecule has 0 aliphatic carbocycles. The van der Waals surface area contributed by atoms with Crippen LogP contribution in [0.3, 0.4) is 0 Å². The number of methoxy groups -OCH3 is 1. The molecule has 0 saturated carbocycles. The largest absolute Gasteiger partial charge is 0.465 e. The first kappa shape index (κ1) is 17.5. The van der Waals surface area contributed by atoms with Gasteiger partial charge in [-0.05, 0) is 29.3 Å². The van der Waals surface area contributed by atoms with Gasteiger partial charge in [-0.15, -0.1) is 0 Å². The first-order valence-corrected chi connectivity index (χ1v) is 8.35. The molecule has 2 aromatic carbocycles. The van der Waals surface area contributed by atoms with E-state index < -0.39 is 5.97 Å². The summed E-state index contributed by atoms with van der Waals surface area (Å²) in [5.74, 6) is -0.762. The fraction of sp³-hybridized carbons (Fsp3) is 0.176. The summed E-state index contributed by atoms with van der Waals surface area (Å²) in [6.07, 6.45) is 0.202. The van der Waals surface area contributed by atoms with Gasteiger partial charge >= 0.3 is 5.97 Å². The number of alkyl halides is 1. The van der Waals surface area contributed by atoms with Crippen LogP contribution in [0.5, 0.6) is 0 Å². The third-order valence-corrected chi connectivity index (χ3v) is 4.05. The summed E-state index contributed by atoms with van der Waals surface area (Å²) in [6.45, 7) is 0. The quantitative estimate of drug-likeness (QED) is 0.608. The van der Waals surface area contributed by atoms with Crippen LogP contribution in [0.2, 0.25) is 5.02 Å². The van der Waals surface area contributed by atoms with E-state index in [0.717, 1.165) is 16.5 Å². The molecule has 0 fully saturated rings. The Morgan fingerprint density at radius 2 is 1.91 bits per heavy atom. The summed E-state index contributed by atoms with van der Waals surface area (Å²) in [7, 11) is 1.29. The summed E-state index contributed by atoms with van der Waals surface area (Å²) in [5, 5.41) is 3.87. The number of hydrogen-bond donors (Lipinski definition) is 1. The van der Waals surface area contributed by atoms with Crippen molar-refractivity contribution in [2.24, 2.45) is 0 Å². The van der Waals surface area contributed by atoms with Gasteiger partial charge in [0, 0.05) is 10.4 Å². The minimum Gasteiger partial charge on any atom is -0.465 e. The van der Waals surface area contributed by atoms with Crippen molar-refractivity contribution >= 4 is 45.1 Å². The molecule has 23 heavy (non-hydrogen) atoms. The predicted molar refractivity (Wildman–Crippen MR) is 94.2 cm³/mol. The maximum absolute atomic E-state index is 12.2. The van der Waals surface area contributed by atoms with Crippen molar-refractivity contribution in [2.75, 3.05) is 12.4 Å². The Hall–Kier alpha value is -1.85. The van der Waals surface area contributed by atoms with E-state index in [9.17, 15) is 9.59 Å². The first-order chi connectivity index (χ1) is 11.0. The number of carbonyl (C=O) groups is 2. The number of esters is 1. The normalized spacial score (nSPS) is 10.2. The van der Waals surface area contributed by atoms with Gasteiger partial charge in [0.2, 0.25) is 5.91 Å². The van der Waals surface area contributed by atoms with E-state index in [0.29, 0.717) is 10.7 Å². The molecule has 0 spiro atoms. The molecule has 6 heteroatoms. The zero-order valence-electron chi connectivity index (χ0n) is 12.4. The van der Waals surface area contributed by atoms with Gasteiger partial charge in [0.15, 0.2) is 0 Å². The molecule has 0 radical (unpaired) electrons. The highest BCUT2D eigenvalue weighted by Gasteiger charge is 2.14. The molecule has 0 unspecified atom stereocenters. The van der Waals surface area contributed by atoms with Gasteiger partial charge in [0.1, 0.15) is 0 Å². The van der Waals surface area contributed by atoms with Gasteiger partial charge in [0.25, 0.3) is 0 Å². The van der Waals surface area contributed by atoms with E-state index in [4.69, 9.17) is 16.3 Å². The van der Waals surface area contributed by atoms with Crippen molar-refractivity contribution in [1.82, 2.24) is 0 Å². The van der Waals surface area contributed by atoms with Crippen LogP contribution in [0.4, 0.5) is 5.69 Å². The Morgan fingerprint density at radius 3 is 2.61 bits per heavy atom. The Kier molecular flexibility index (Phi) is 6.19. The summed E-state index contributed by atoms with van der Waals surface area (Å²) in [5.41, 5.74) is 2.58. The van der Waals surface area contributed by atoms with E-state index in [1.807, 2.05) is 24.3 Å². The third kappa shape index (κ3) is 4.81. The smallest absolute Gasteiger partial charge is 0.339 e. The lowest BCUT2D eigenvalue weighted by atomic mass is 10.1. The van der Waals surface area contributed by atoms with E-state index in [2.05, 4.69) is 21.2 Å². The van der Waals surface area contributed by atoms with Gasteiger partial charge in [-0.3, -0.25) is 4.79 Å². The summed E-state index contributed by atoms with van der Waals surface area (Å²) < 4.78 is 4.71. The molecule has 2 rings (SSSR count). The Bertz CT molecular complexity index is 734. The summed E-state index contributed by atoms with van der Waals surface area (Å²) >= 11 is 9.33. The van der Waals surface area contributed by atoms with Crippen molar-refractivity contribution in [1.29, 1.82) is 0 Å². The second-order valence-electron chi connectivity index (χ2n) is 4.86. The number of carbonyl (C=O) groups excluding carboxylic acids is 2. The fourth-order valence-electron chi connectivity index (χ4n) is 2.11. The molecule has 1 amide bonds. The molecule has 1 N–H and O–H groups in total. The van der Waals surface area contributed by atoms with Crippen LogP contribution in [0.25, 0.3) is 0 Å². The van der Waals surface area contributed by atoms with Crippen molar-refractivity contribution in [2.45, 2.75) is 11.8 Å². The van der Waals surface area contributed by atoms with Crippen molar-refractivity contribution in [3.05, 3.63) is 64.2 Å². The van der Waals surface area contributed by atoms with Crippen LogP contribution in [0, 0.1) is 0 Å². The van der Waals surface area contributed by atoms with Crippen LogP contribution < -0.4 is 5.32 Å². The molecule has 120 valence electrons. The highest BCUT2D eigenvalue weighted by molar-refractivity contribution is 9.08. The molecule has 0 saturated heterocycles. The Balaban J connectivity index is 2.16. The monoisotopic (exact) mass is 395 g/mol. The maximum Gasteiger partial charge on any atom is 0.339 e. The van der Waals surface area contributed by atoms with Crippen molar-refractivity contribution < 1.29 is 14.3 Å². The molecular weight excluding hydrogens is 382 g/mol. The van der Waals surface area contributed by atoms with Gasteiger partial charge in [-0.1, -0.05) is 51.8 Å². The van der Waals surface area contributed by atoms with E-state index in [-0.39, 0.29) is 17.9 Å². The average Bonchev–Trinajstić information content (AvgIpc) is 2.54. The molecule has 2 aromatic rings. The first-order valence-electron chi connectivity index (χ1n) is 6.85. The highest BCUT2D eigenvalue weighted by atomic mass is 79.9. The lowest BCUT2D eigenvalue weighted by molar-refractivity contribution is -0.115. The number of nitrogens with one attached hydrogen (secondary N) is 1. The minimum atomic E-state index is -0.529. The molecule has 0 bridgehead atoms. The number of hydrogen-bond acceptors (Lipinski definition) is 3. The number of ether oxygens (including phenoxy) is 1. The molecule has 0 aliphatic heterocycles. The lowest BCUT2D eigenvalue weighted by Crippen LogP contribution is -2.17. The lowest BCUT2D eigenvalue weighted by Gasteiger charge is -2.10. The molecule has 0 atom stereocenters. The predicted octanol–water partition coefficient (Wildman–Crippen LogP) is 4.20. The van der Waals surface area contributed by atoms with E-state index >= 15 is 0 Å². The second kappa shape index (κ2) is 8.13. The van der Waals surface area contributed by atoms with Gasteiger partial charge in [0.05, 0.1) is 24.8 Å². The zero-order chi connectivity index (χ0) is 16.8. The van der Waals surface area contributed by atoms with E-state index in [1.165, 1.54) is 19.2 Å². The number of halogens is 2. The molecule has 0 heterocycles. The van der Waals surface area contributed by atoms with Crippen molar-refractivity contribution in [3.8, 4) is 0 Å². The maximum atomic E-state index is 12.2. The van der Waals surface area contributed by atoms with Crippen LogP contribution in [0.15, 0.2) is 42.5 Å². The number of benzene rings is 2. The van der Waals surface area contributed by atoms with Gasteiger partial charge in [-0.25, -0.2) is 4.79 Å². The third-order valence-electron chi connectivity index (χ3n) is 3.17. The summed E-state index contributed by atoms with van der Waals surface area (Å²) in [4.78, 5) is 24.0. The SMILES string of the molecule is COC(=O)c1ccc(Cl)cc1NC(=O)Cc1cccc(CBr)c1. The molecule has 4 nitrogen and oxygen atoms in total. The average molecular weight is 397 g/mol. The number of amides is 1. The molecule has 0 aromatic heterocycles. The van der Waals surface area contributed by atoms with Crippen molar-refractivity contribution in [3.63, 3.8) is 0 Å². The standard InChI is InChI=1S/C17H15BrClNO3/c1-23-17(22)14-6-5-13(19)9-15(14)20-16(21)8-11-3-2-4-12(7-11)10-18/h2-7,9H,8,10H2,1H3,(H,20,21). The minimum absolute atomic E-state index is 0.202. The topological polar surface area (TPSA) is 55.4 Å². The molecule has 0 aliphatic rings. The second-order valence-corrected chi connectivity index (χ2v) is 5.86. The highest BCUT2D eigenvalue weighted by Crippen LogP contribution is 2.22. The fourth-order valence-corrected chi connectivity index (χ4v) is 2.63. The Labute approximate surface area is 147 Å². The van der Waals surface area contributed by atoms with Crippen LogP contribution in [-0.2, 0) is 21.3 Å². The number of anilines is 1. The molecular formula is C17H15BrClNO3. The van der Waals surface area contributed by atoms with Gasteiger partial charge < -0.3 is 10.1 Å². The summed E-state index contributed by atoms with van der Waals surface area (Å²) in [6, 6.07) is 12.3. The van der Waals surface area contributed by atoms with Crippen LogP contribution in [-0.4, -0.2) is 19.0 Å². The van der Waals surface area contributed by atoms with Gasteiger partial charge in [-0.2, -0.15) is 0 Å². The van der Waals surface area contributed by atoms with Crippen LogP contribution in [0.1, 0.15) is 21.5 Å². The number of rotatable bonds is 5. The van der Waals surface area contributed by atoms with E-state index in [1.54, 1.807) is 6.07 Å². The Morgan fingerprint density at radius 1 is 1.17 bits per heavy atom. The zero-order valence-corrected chi connectivity index (χ0v) is 14.8.